The van der Waals surface area contributed by atoms with Crippen molar-refractivity contribution in [3.8, 4) is 0 Å². The standard InChI is InChI=1S/C20H28N4O2/c1-14(25)24-10-5-4-8-18(24)19-21-12-16-13-23(11-9-17(16)22-19)20(26)15-6-2-3-7-15/h12,15,18H,2-11,13H2,1H3/t18-/m0/s1. The van der Waals surface area contributed by atoms with Crippen LogP contribution in [0.1, 0.15) is 75.0 Å². The molecule has 2 amide bonds. The molecule has 1 aromatic heterocycles. The van der Waals surface area contributed by atoms with Crippen LogP contribution in [0.15, 0.2) is 6.20 Å². The Balaban J connectivity index is 1.50. The molecule has 6 nitrogen and oxygen atoms in total. The molecule has 1 saturated heterocycles. The summed E-state index contributed by atoms with van der Waals surface area (Å²) in [4.78, 5) is 37.9. The lowest BCUT2D eigenvalue weighted by Crippen LogP contribution is -2.40. The summed E-state index contributed by atoms with van der Waals surface area (Å²) in [5, 5.41) is 0. The SMILES string of the molecule is CC(=O)N1CCCC[C@H]1c1ncc2c(n1)CCN(C(=O)C1CCCC1)C2. The molecule has 2 aliphatic heterocycles. The van der Waals surface area contributed by atoms with Crippen LogP contribution in [0, 0.1) is 5.92 Å². The van der Waals surface area contributed by atoms with E-state index in [4.69, 9.17) is 4.98 Å². The van der Waals surface area contributed by atoms with E-state index in [1.54, 1.807) is 6.92 Å². The first kappa shape index (κ1) is 17.4. The van der Waals surface area contributed by atoms with E-state index in [2.05, 4.69) is 4.98 Å². The second-order valence-corrected chi connectivity index (χ2v) is 7.92. The number of fused-ring (bicyclic) bond motifs is 1. The minimum atomic E-state index is 0.00435. The van der Waals surface area contributed by atoms with Crippen molar-refractivity contribution >= 4 is 11.8 Å². The Morgan fingerprint density at radius 1 is 1.08 bits per heavy atom. The van der Waals surface area contributed by atoms with Gasteiger partial charge in [0.2, 0.25) is 11.8 Å². The highest BCUT2D eigenvalue weighted by molar-refractivity contribution is 5.79. The smallest absolute Gasteiger partial charge is 0.225 e. The molecule has 2 fully saturated rings. The molecule has 3 aliphatic rings. The van der Waals surface area contributed by atoms with E-state index in [9.17, 15) is 9.59 Å². The Kier molecular flexibility index (Phi) is 4.92. The highest BCUT2D eigenvalue weighted by Gasteiger charge is 2.32. The summed E-state index contributed by atoms with van der Waals surface area (Å²) in [6.07, 6.45) is 10.2. The summed E-state index contributed by atoms with van der Waals surface area (Å²) < 4.78 is 0. The number of hydrogen-bond acceptors (Lipinski definition) is 4. The van der Waals surface area contributed by atoms with E-state index < -0.39 is 0 Å². The number of piperidine rings is 1. The predicted octanol–water partition coefficient (Wildman–Crippen LogP) is 2.63. The summed E-state index contributed by atoms with van der Waals surface area (Å²) in [5.41, 5.74) is 2.12. The van der Waals surface area contributed by atoms with Gasteiger partial charge in [-0.2, -0.15) is 0 Å². The van der Waals surface area contributed by atoms with Crippen LogP contribution >= 0.6 is 0 Å². The van der Waals surface area contributed by atoms with E-state index in [0.717, 1.165) is 68.7 Å². The molecule has 0 N–H and O–H groups in total. The highest BCUT2D eigenvalue weighted by atomic mass is 16.2. The maximum atomic E-state index is 12.7. The van der Waals surface area contributed by atoms with Gasteiger partial charge < -0.3 is 9.80 Å². The van der Waals surface area contributed by atoms with Crippen LogP contribution in [0.2, 0.25) is 0 Å². The molecular weight excluding hydrogens is 328 g/mol. The van der Waals surface area contributed by atoms with Gasteiger partial charge in [0.15, 0.2) is 5.82 Å². The van der Waals surface area contributed by atoms with Crippen LogP contribution in [0.25, 0.3) is 0 Å². The van der Waals surface area contributed by atoms with E-state index in [1.165, 1.54) is 12.8 Å². The summed E-state index contributed by atoms with van der Waals surface area (Å²) in [7, 11) is 0. The van der Waals surface area contributed by atoms with Crippen LogP contribution < -0.4 is 0 Å². The number of rotatable bonds is 2. The van der Waals surface area contributed by atoms with Gasteiger partial charge in [0, 0.05) is 50.7 Å². The minimum absolute atomic E-state index is 0.00435. The van der Waals surface area contributed by atoms with Gasteiger partial charge in [-0.3, -0.25) is 9.59 Å². The largest absolute Gasteiger partial charge is 0.338 e. The molecule has 0 spiro atoms. The first-order chi connectivity index (χ1) is 12.6. The average molecular weight is 356 g/mol. The molecule has 1 aliphatic carbocycles. The molecule has 1 saturated carbocycles. The third-order valence-electron chi connectivity index (χ3n) is 6.17. The summed E-state index contributed by atoms with van der Waals surface area (Å²) in [5.74, 6) is 1.41. The number of aromatic nitrogens is 2. The van der Waals surface area contributed by atoms with Crippen molar-refractivity contribution in [2.24, 2.45) is 5.92 Å². The fourth-order valence-corrected chi connectivity index (χ4v) is 4.69. The fourth-order valence-electron chi connectivity index (χ4n) is 4.69. The number of carbonyl (C=O) groups excluding carboxylic acids is 2. The van der Waals surface area contributed by atoms with Crippen molar-refractivity contribution in [3.05, 3.63) is 23.3 Å². The normalized spacial score (nSPS) is 23.8. The first-order valence-electron chi connectivity index (χ1n) is 10.0. The molecule has 0 aromatic carbocycles. The van der Waals surface area contributed by atoms with Crippen LogP contribution in [0.4, 0.5) is 0 Å². The maximum Gasteiger partial charge on any atom is 0.225 e. The molecule has 1 aromatic rings. The molecule has 0 bridgehead atoms. The Hall–Kier alpha value is -1.98. The van der Waals surface area contributed by atoms with Crippen LogP contribution in [-0.4, -0.2) is 44.7 Å². The van der Waals surface area contributed by atoms with Gasteiger partial charge in [0.25, 0.3) is 0 Å². The van der Waals surface area contributed by atoms with E-state index >= 15 is 0 Å². The zero-order valence-corrected chi connectivity index (χ0v) is 15.6. The summed E-state index contributed by atoms with van der Waals surface area (Å²) in [6, 6.07) is 0.00435. The van der Waals surface area contributed by atoms with Gasteiger partial charge >= 0.3 is 0 Å². The number of nitrogens with zero attached hydrogens (tertiary/aromatic N) is 4. The first-order valence-corrected chi connectivity index (χ1v) is 10.0. The zero-order chi connectivity index (χ0) is 18.1. The van der Waals surface area contributed by atoms with Gasteiger partial charge in [-0.05, 0) is 32.1 Å². The third-order valence-corrected chi connectivity index (χ3v) is 6.17. The Morgan fingerprint density at radius 2 is 1.85 bits per heavy atom. The number of hydrogen-bond donors (Lipinski definition) is 0. The molecule has 0 unspecified atom stereocenters. The predicted molar refractivity (Wildman–Crippen MR) is 97.1 cm³/mol. The van der Waals surface area contributed by atoms with Crippen LogP contribution in [0.3, 0.4) is 0 Å². The topological polar surface area (TPSA) is 66.4 Å². The van der Waals surface area contributed by atoms with Gasteiger partial charge in [-0.15, -0.1) is 0 Å². The lowest BCUT2D eigenvalue weighted by atomic mass is 9.99. The van der Waals surface area contributed by atoms with Gasteiger partial charge in [-0.1, -0.05) is 12.8 Å². The Morgan fingerprint density at radius 3 is 2.62 bits per heavy atom. The Labute approximate surface area is 155 Å². The number of likely N-dealkylation sites (tertiary alicyclic amines) is 1. The molecular formula is C20H28N4O2. The van der Waals surface area contributed by atoms with Gasteiger partial charge in [-0.25, -0.2) is 9.97 Å². The third kappa shape index (κ3) is 3.33. The number of amides is 2. The van der Waals surface area contributed by atoms with Crippen molar-refractivity contribution in [3.63, 3.8) is 0 Å². The zero-order valence-electron chi connectivity index (χ0n) is 15.6. The maximum absolute atomic E-state index is 12.7. The fraction of sp³-hybridized carbons (Fsp3) is 0.700. The molecule has 0 radical (unpaired) electrons. The monoisotopic (exact) mass is 356 g/mol. The van der Waals surface area contributed by atoms with Crippen molar-refractivity contribution < 1.29 is 9.59 Å². The molecule has 1 atom stereocenters. The van der Waals surface area contributed by atoms with Gasteiger partial charge in [0.1, 0.15) is 0 Å². The molecule has 140 valence electrons. The van der Waals surface area contributed by atoms with Crippen LogP contribution in [-0.2, 0) is 22.6 Å². The average Bonchev–Trinajstić information content (AvgIpc) is 3.21. The van der Waals surface area contributed by atoms with E-state index in [1.807, 2.05) is 16.0 Å². The molecule has 6 heteroatoms. The van der Waals surface area contributed by atoms with Crippen molar-refractivity contribution in [2.45, 2.75) is 70.9 Å². The quantitative estimate of drug-likeness (QED) is 0.817. The molecule has 26 heavy (non-hydrogen) atoms. The summed E-state index contributed by atoms with van der Waals surface area (Å²) in [6.45, 7) is 3.80. The minimum Gasteiger partial charge on any atom is -0.338 e. The van der Waals surface area contributed by atoms with Crippen LogP contribution in [0.5, 0.6) is 0 Å². The van der Waals surface area contributed by atoms with Gasteiger partial charge in [0.05, 0.1) is 11.7 Å². The van der Waals surface area contributed by atoms with Crippen molar-refractivity contribution in [2.75, 3.05) is 13.1 Å². The van der Waals surface area contributed by atoms with E-state index in [-0.39, 0.29) is 17.9 Å². The Bertz CT molecular complexity index is 699. The van der Waals surface area contributed by atoms with E-state index in [0.29, 0.717) is 12.5 Å². The molecule has 4 rings (SSSR count). The second kappa shape index (κ2) is 7.33. The lowest BCUT2D eigenvalue weighted by molar-refractivity contribution is -0.136. The highest BCUT2D eigenvalue weighted by Crippen LogP contribution is 2.31. The second-order valence-electron chi connectivity index (χ2n) is 7.92. The van der Waals surface area contributed by atoms with Crippen molar-refractivity contribution in [1.29, 1.82) is 0 Å². The molecule has 3 heterocycles. The number of carbonyl (C=O) groups is 2. The summed E-state index contributed by atoms with van der Waals surface area (Å²) >= 11 is 0. The lowest BCUT2D eigenvalue weighted by Gasteiger charge is -2.35. The van der Waals surface area contributed by atoms with Crippen molar-refractivity contribution in [1.82, 2.24) is 19.8 Å².